The summed E-state index contributed by atoms with van der Waals surface area (Å²) in [5.41, 5.74) is 1.60. The number of thioether (sulfide) groups is 1. The van der Waals surface area contributed by atoms with E-state index in [0.717, 1.165) is 5.56 Å². The molecule has 3 heterocycles. The van der Waals surface area contributed by atoms with Gasteiger partial charge in [-0.1, -0.05) is 11.8 Å². The zero-order valence-electron chi connectivity index (χ0n) is 26.3. The largest absolute Gasteiger partial charge is 0.496 e. The number of aliphatic hydroxyl groups is 1. The number of nitrogens with one attached hydrogen (secondary N) is 1. The molecule has 0 radical (unpaired) electrons. The van der Waals surface area contributed by atoms with Gasteiger partial charge in [-0.2, -0.15) is 13.2 Å². The van der Waals surface area contributed by atoms with Crippen LogP contribution in [0.2, 0.25) is 0 Å². The van der Waals surface area contributed by atoms with Crippen LogP contribution in [0, 0.1) is 11.8 Å². The number of nitrogens with zero attached hydrogens (tertiary/aromatic N) is 5. The van der Waals surface area contributed by atoms with Crippen LogP contribution in [0.5, 0.6) is 17.2 Å². The molecule has 0 aliphatic carbocycles. The summed E-state index contributed by atoms with van der Waals surface area (Å²) in [6.07, 6.45) is -1.94. The Balaban J connectivity index is 1.53. The summed E-state index contributed by atoms with van der Waals surface area (Å²) in [6, 6.07) is 3.55. The van der Waals surface area contributed by atoms with Gasteiger partial charge in [0.05, 0.1) is 63.8 Å². The smallest absolute Gasteiger partial charge is 0.471 e. The van der Waals surface area contributed by atoms with Crippen LogP contribution < -0.4 is 19.5 Å². The highest BCUT2D eigenvalue weighted by atomic mass is 32.2. The van der Waals surface area contributed by atoms with E-state index in [9.17, 15) is 23.1 Å². The number of aliphatic imine (C=N–C) groups is 1. The summed E-state index contributed by atoms with van der Waals surface area (Å²) in [5, 5.41) is 12.3. The fourth-order valence-corrected chi connectivity index (χ4v) is 5.57. The van der Waals surface area contributed by atoms with Gasteiger partial charge in [-0.05, 0) is 0 Å². The maximum atomic E-state index is 12.6. The van der Waals surface area contributed by atoms with E-state index in [0.29, 0.717) is 46.0 Å². The lowest BCUT2D eigenvalue weighted by molar-refractivity contribution is -0.173. The number of methoxy groups -OCH3 is 3. The van der Waals surface area contributed by atoms with Gasteiger partial charge in [0, 0.05) is 50.2 Å². The summed E-state index contributed by atoms with van der Waals surface area (Å²) >= 11 is 1.48. The third-order valence-electron chi connectivity index (χ3n) is 6.92. The first-order valence-electron chi connectivity index (χ1n) is 14.1. The van der Waals surface area contributed by atoms with E-state index in [1.54, 1.807) is 68.5 Å². The highest BCUT2D eigenvalue weighted by Gasteiger charge is 2.39. The Morgan fingerprint density at radius 1 is 1.23 bits per heavy atom. The number of aliphatic hydroxyl groups excluding tert-OH is 1. The van der Waals surface area contributed by atoms with Gasteiger partial charge >= 0.3 is 12.1 Å². The second kappa shape index (κ2) is 16.0. The summed E-state index contributed by atoms with van der Waals surface area (Å²) < 4.78 is 68.1. The Morgan fingerprint density at radius 3 is 2.57 bits per heavy atom. The maximum absolute atomic E-state index is 12.6. The number of carbonyl (C=O) groups is 1. The first-order chi connectivity index (χ1) is 22.5. The number of benzene rings is 1. The van der Waals surface area contributed by atoms with Gasteiger partial charge in [-0.3, -0.25) is 4.79 Å². The highest BCUT2D eigenvalue weighted by Crippen LogP contribution is 2.39. The first-order valence-corrected chi connectivity index (χ1v) is 15.3. The van der Waals surface area contributed by atoms with Gasteiger partial charge in [-0.25, -0.2) is 15.0 Å². The van der Waals surface area contributed by atoms with Crippen LogP contribution in [0.15, 0.2) is 29.6 Å². The minimum atomic E-state index is -5.02. The second-order valence-electron chi connectivity index (χ2n) is 10.3. The molecule has 4 rings (SSSR count). The van der Waals surface area contributed by atoms with Gasteiger partial charge in [0.1, 0.15) is 41.6 Å². The minimum absolute atomic E-state index is 0.272. The molecule has 2 aromatic heterocycles. The van der Waals surface area contributed by atoms with Crippen molar-refractivity contribution in [3.8, 4) is 29.1 Å². The van der Waals surface area contributed by atoms with Crippen molar-refractivity contribution in [1.82, 2.24) is 24.8 Å². The first kappa shape index (κ1) is 35.6. The average Bonchev–Trinajstić information content (AvgIpc) is 3.64. The van der Waals surface area contributed by atoms with E-state index in [4.69, 9.17) is 23.7 Å². The number of aromatic nitrogens is 3. The fourth-order valence-electron chi connectivity index (χ4n) is 4.73. The van der Waals surface area contributed by atoms with Crippen molar-refractivity contribution in [3.63, 3.8) is 0 Å². The van der Waals surface area contributed by atoms with Crippen molar-refractivity contribution < 1.29 is 46.8 Å². The normalized spacial score (nSPS) is 17.9. The third kappa shape index (κ3) is 8.77. The van der Waals surface area contributed by atoms with Crippen LogP contribution in [-0.2, 0) is 20.0 Å². The Hall–Kier alpha value is -4.24. The molecule has 3 atom stereocenters. The lowest BCUT2D eigenvalue weighted by Crippen LogP contribution is -2.36. The van der Waals surface area contributed by atoms with E-state index in [1.165, 1.54) is 24.4 Å². The number of hydrogen-bond acceptors (Lipinski definition) is 11. The molecule has 0 unspecified atom stereocenters. The zero-order valence-corrected chi connectivity index (χ0v) is 27.1. The molecule has 1 aliphatic rings. The Bertz CT molecular complexity index is 1610. The van der Waals surface area contributed by atoms with Crippen LogP contribution >= 0.6 is 11.8 Å². The fraction of sp³-hybridized carbons (Fsp3) is 0.467. The van der Waals surface area contributed by atoms with Crippen molar-refractivity contribution in [1.29, 1.82) is 0 Å². The molecule has 0 bridgehead atoms. The molecule has 0 spiro atoms. The number of rotatable bonds is 13. The second-order valence-corrected chi connectivity index (χ2v) is 11.2. The van der Waals surface area contributed by atoms with E-state index in [1.807, 2.05) is 0 Å². The molecule has 254 valence electrons. The average molecular weight is 681 g/mol. The number of fused-ring (bicyclic) bond motifs is 1. The molecule has 0 saturated carbocycles. The van der Waals surface area contributed by atoms with Crippen LogP contribution in [0.1, 0.15) is 23.8 Å². The molecule has 13 nitrogen and oxygen atoms in total. The van der Waals surface area contributed by atoms with Gasteiger partial charge in [-0.15, -0.1) is 11.8 Å². The van der Waals surface area contributed by atoms with Gasteiger partial charge in [0.2, 0.25) is 0 Å². The molecule has 1 saturated heterocycles. The molecule has 2 N–H and O–H groups in total. The highest BCUT2D eigenvalue weighted by molar-refractivity contribution is 7.98. The number of hydrogen-bond donors (Lipinski definition) is 2. The molecule has 1 aromatic carbocycles. The summed E-state index contributed by atoms with van der Waals surface area (Å²) in [5.74, 6) is 6.14. The predicted octanol–water partition coefficient (Wildman–Crippen LogP) is 3.26. The SMILES string of the molecule is COc1cc(OC)c(CSCO[C@H]2C[C@H](n3cc(C#CCNC(=O)C(F)(F)F)c4c(N=CN(C)C)ncnc43)O[C@@H]2CO)c(OC)c1. The van der Waals surface area contributed by atoms with E-state index >= 15 is 0 Å². The Labute approximate surface area is 273 Å². The van der Waals surface area contributed by atoms with Crippen molar-refractivity contribution in [2.75, 3.05) is 54.5 Å². The molecular formula is C30H35F3N6O7S. The van der Waals surface area contributed by atoms with Crippen molar-refractivity contribution >= 4 is 40.9 Å². The van der Waals surface area contributed by atoms with Gasteiger partial charge in [0.15, 0.2) is 5.82 Å². The van der Waals surface area contributed by atoms with E-state index in [2.05, 4.69) is 26.8 Å². The Kier molecular flexibility index (Phi) is 12.2. The molecule has 1 aliphatic heterocycles. The molecular weight excluding hydrogens is 645 g/mol. The summed E-state index contributed by atoms with van der Waals surface area (Å²) in [6.45, 7) is -0.840. The molecule has 17 heteroatoms. The number of carbonyl (C=O) groups excluding carboxylic acids is 1. The topological polar surface area (TPSA) is 142 Å². The van der Waals surface area contributed by atoms with Crippen molar-refractivity contribution in [3.05, 3.63) is 35.8 Å². The van der Waals surface area contributed by atoms with E-state index in [-0.39, 0.29) is 18.4 Å². The monoisotopic (exact) mass is 680 g/mol. The molecule has 47 heavy (non-hydrogen) atoms. The quantitative estimate of drug-likeness (QED) is 0.0904. The van der Waals surface area contributed by atoms with E-state index < -0.39 is 37.1 Å². The van der Waals surface area contributed by atoms with Crippen LogP contribution in [0.4, 0.5) is 19.0 Å². The van der Waals surface area contributed by atoms with Crippen LogP contribution in [0.25, 0.3) is 11.0 Å². The lowest BCUT2D eigenvalue weighted by Gasteiger charge is -2.17. The lowest BCUT2D eigenvalue weighted by atomic mass is 10.2. The third-order valence-corrected chi connectivity index (χ3v) is 7.71. The minimum Gasteiger partial charge on any atom is -0.496 e. The Morgan fingerprint density at radius 2 is 1.96 bits per heavy atom. The number of ether oxygens (including phenoxy) is 5. The van der Waals surface area contributed by atoms with Crippen molar-refractivity contribution in [2.45, 2.75) is 36.8 Å². The van der Waals surface area contributed by atoms with Crippen LogP contribution in [-0.4, -0.2) is 110 Å². The molecule has 1 fully saturated rings. The number of alkyl halides is 3. The summed E-state index contributed by atoms with van der Waals surface area (Å²) in [7, 11) is 8.25. The van der Waals surface area contributed by atoms with Crippen LogP contribution in [0.3, 0.4) is 0 Å². The zero-order chi connectivity index (χ0) is 34.1. The molecule has 1 amide bonds. The number of halogens is 3. The predicted molar refractivity (Wildman–Crippen MR) is 168 cm³/mol. The number of amides is 1. The molecule has 3 aromatic rings. The summed E-state index contributed by atoms with van der Waals surface area (Å²) in [4.78, 5) is 26.0. The van der Waals surface area contributed by atoms with Gasteiger partial charge in [0.25, 0.3) is 0 Å². The maximum Gasteiger partial charge on any atom is 0.471 e. The van der Waals surface area contributed by atoms with Crippen molar-refractivity contribution in [2.24, 2.45) is 4.99 Å². The van der Waals surface area contributed by atoms with Gasteiger partial charge < -0.3 is 43.6 Å². The standard InChI is InChI=1S/C30H35F3N6O7S/c1-38(2)16-37-27-26-18(7-6-8-34-29(41)30(31,32)33)12-39(28(26)36-15-35-27)25-11-23(24(13-40)46-25)45-17-47-14-20-21(43-4)9-19(42-3)10-22(20)44-5/h9-10,12,15-16,23-25,40H,8,11,13-14,17H2,1-5H3,(H,34,41)/t23-,24+,25+/m0/s1.